The highest BCUT2D eigenvalue weighted by molar-refractivity contribution is 9.08. The number of hydrogen-bond donors (Lipinski definition) is 0. The molecule has 2 aromatic rings. The van der Waals surface area contributed by atoms with Crippen LogP contribution < -0.4 is 0 Å². The van der Waals surface area contributed by atoms with Crippen molar-refractivity contribution in [3.8, 4) is 0 Å². The molecule has 1 aromatic carbocycles. The predicted molar refractivity (Wildman–Crippen MR) is 63.2 cm³/mol. The number of sulfone groups is 1. The molecule has 0 atom stereocenters. The molecule has 2 rings (SSSR count). The summed E-state index contributed by atoms with van der Waals surface area (Å²) in [5, 5.41) is 0.707. The van der Waals surface area contributed by atoms with E-state index in [4.69, 9.17) is 4.42 Å². The molecule has 16 heavy (non-hydrogen) atoms. The Morgan fingerprint density at radius 3 is 2.25 bits per heavy atom. The molecule has 0 fully saturated rings. The fraction of sp³-hybridized carbons (Fsp3) is 0.0909. The highest BCUT2D eigenvalue weighted by Gasteiger charge is 2.18. The number of hydrogen-bond acceptors (Lipinski definition) is 3. The third kappa shape index (κ3) is 2.05. The molecule has 0 saturated carbocycles. The van der Waals surface area contributed by atoms with Crippen molar-refractivity contribution in [3.05, 3.63) is 48.4 Å². The zero-order valence-electron chi connectivity index (χ0n) is 8.26. The fourth-order valence-electron chi connectivity index (χ4n) is 1.30. The van der Waals surface area contributed by atoms with E-state index in [1.54, 1.807) is 24.3 Å². The second kappa shape index (κ2) is 4.43. The minimum Gasteiger partial charge on any atom is -0.471 e. The normalized spacial score (nSPS) is 11.6. The van der Waals surface area contributed by atoms with Crippen LogP contribution in [-0.2, 0) is 15.2 Å². The van der Waals surface area contributed by atoms with Crippen molar-refractivity contribution in [1.82, 2.24) is 0 Å². The van der Waals surface area contributed by atoms with Crippen molar-refractivity contribution < 1.29 is 12.8 Å². The zero-order valence-corrected chi connectivity index (χ0v) is 10.7. The van der Waals surface area contributed by atoms with Gasteiger partial charge in [0.2, 0.25) is 9.84 Å². The van der Waals surface area contributed by atoms with Crippen LogP contribution in [0.2, 0.25) is 0 Å². The summed E-state index contributed by atoms with van der Waals surface area (Å²) >= 11 is 3.31. The van der Waals surface area contributed by atoms with Gasteiger partial charge in [-0.2, -0.15) is 0 Å². The van der Waals surface area contributed by atoms with E-state index in [0.29, 0.717) is 5.33 Å². The number of rotatable bonds is 3. The van der Waals surface area contributed by atoms with E-state index in [9.17, 15) is 8.42 Å². The average molecular weight is 301 g/mol. The van der Waals surface area contributed by atoms with Crippen molar-refractivity contribution in [2.75, 3.05) is 0 Å². The van der Waals surface area contributed by atoms with Crippen molar-refractivity contribution in [2.45, 2.75) is 15.1 Å². The Kier molecular flexibility index (Phi) is 3.16. The summed E-state index contributed by atoms with van der Waals surface area (Å²) < 4.78 is 28.8. The second-order valence-electron chi connectivity index (χ2n) is 3.24. The van der Waals surface area contributed by atoms with Gasteiger partial charge >= 0.3 is 0 Å². The second-order valence-corrected chi connectivity index (χ2v) is 5.75. The first-order valence-corrected chi connectivity index (χ1v) is 7.17. The van der Waals surface area contributed by atoms with Gasteiger partial charge in [-0.05, 0) is 23.8 Å². The third-order valence-electron chi connectivity index (χ3n) is 2.19. The van der Waals surface area contributed by atoms with Gasteiger partial charge in [0.25, 0.3) is 0 Å². The lowest BCUT2D eigenvalue weighted by Gasteiger charge is -2.02. The van der Waals surface area contributed by atoms with E-state index in [0.717, 1.165) is 5.56 Å². The minimum atomic E-state index is -3.43. The molecule has 5 heteroatoms. The van der Waals surface area contributed by atoms with Crippen LogP contribution in [0.15, 0.2) is 57.1 Å². The standard InChI is InChI=1S/C11H9BrO3S/c12-7-9-1-3-10(4-2-9)16(13,14)11-5-6-15-8-11/h1-6,8H,7H2. The maximum Gasteiger partial charge on any atom is 0.209 e. The summed E-state index contributed by atoms with van der Waals surface area (Å²) in [6.07, 6.45) is 2.58. The summed E-state index contributed by atoms with van der Waals surface area (Å²) in [7, 11) is -3.43. The minimum absolute atomic E-state index is 0.180. The number of halogens is 1. The summed E-state index contributed by atoms with van der Waals surface area (Å²) in [5.41, 5.74) is 1.03. The lowest BCUT2D eigenvalue weighted by molar-refractivity contribution is 0.556. The molecule has 0 bridgehead atoms. The summed E-state index contributed by atoms with van der Waals surface area (Å²) in [6.45, 7) is 0. The van der Waals surface area contributed by atoms with Crippen LogP contribution in [0.3, 0.4) is 0 Å². The topological polar surface area (TPSA) is 47.3 Å². The average Bonchev–Trinajstić information content (AvgIpc) is 2.83. The smallest absolute Gasteiger partial charge is 0.209 e. The first-order valence-electron chi connectivity index (χ1n) is 4.57. The van der Waals surface area contributed by atoms with Gasteiger partial charge < -0.3 is 4.42 Å². The Balaban J connectivity index is 2.44. The van der Waals surface area contributed by atoms with E-state index in [2.05, 4.69) is 15.9 Å². The van der Waals surface area contributed by atoms with E-state index in [1.165, 1.54) is 18.6 Å². The highest BCUT2D eigenvalue weighted by atomic mass is 79.9. The molecule has 84 valence electrons. The molecule has 1 heterocycles. The SMILES string of the molecule is O=S(=O)(c1ccc(CBr)cc1)c1ccoc1. The molecule has 0 unspecified atom stereocenters. The molecule has 0 aliphatic rings. The lowest BCUT2D eigenvalue weighted by Crippen LogP contribution is -2.00. The predicted octanol–water partition coefficient (Wildman–Crippen LogP) is 3.01. The molecule has 0 amide bonds. The van der Waals surface area contributed by atoms with Gasteiger partial charge in [-0.15, -0.1) is 0 Å². The molecule has 0 aliphatic carbocycles. The van der Waals surface area contributed by atoms with Crippen molar-refractivity contribution >= 4 is 25.8 Å². The van der Waals surface area contributed by atoms with Crippen LogP contribution in [0, 0.1) is 0 Å². The van der Waals surface area contributed by atoms with Gasteiger partial charge in [0.15, 0.2) is 0 Å². The molecule has 3 nitrogen and oxygen atoms in total. The molecular weight excluding hydrogens is 292 g/mol. The third-order valence-corrected chi connectivity index (χ3v) is 4.59. The van der Waals surface area contributed by atoms with Gasteiger partial charge in [0, 0.05) is 5.33 Å². The van der Waals surface area contributed by atoms with E-state index in [-0.39, 0.29) is 9.79 Å². The van der Waals surface area contributed by atoms with Crippen molar-refractivity contribution in [2.24, 2.45) is 0 Å². The molecule has 0 N–H and O–H groups in total. The molecule has 0 radical (unpaired) electrons. The van der Waals surface area contributed by atoms with Gasteiger partial charge in [-0.1, -0.05) is 28.1 Å². The van der Waals surface area contributed by atoms with Gasteiger partial charge in [0.05, 0.1) is 11.2 Å². The highest BCUT2D eigenvalue weighted by Crippen LogP contribution is 2.21. The molecule has 1 aromatic heterocycles. The van der Waals surface area contributed by atoms with Crippen LogP contribution in [0.4, 0.5) is 0 Å². The number of furan rings is 1. The summed E-state index contributed by atoms with van der Waals surface area (Å²) in [6, 6.07) is 8.19. The maximum atomic E-state index is 12.0. The Morgan fingerprint density at radius 2 is 1.75 bits per heavy atom. The van der Waals surface area contributed by atoms with E-state index < -0.39 is 9.84 Å². The van der Waals surface area contributed by atoms with E-state index in [1.807, 2.05) is 0 Å². The molecule has 0 aliphatic heterocycles. The monoisotopic (exact) mass is 300 g/mol. The Morgan fingerprint density at radius 1 is 1.06 bits per heavy atom. The zero-order chi connectivity index (χ0) is 11.6. The molecule has 0 spiro atoms. The van der Waals surface area contributed by atoms with Crippen LogP contribution in [0.5, 0.6) is 0 Å². The van der Waals surface area contributed by atoms with Crippen LogP contribution >= 0.6 is 15.9 Å². The Hall–Kier alpha value is -1.07. The van der Waals surface area contributed by atoms with Gasteiger partial charge in [-0.25, -0.2) is 8.42 Å². The summed E-state index contributed by atoms with van der Waals surface area (Å²) in [5.74, 6) is 0. The van der Waals surface area contributed by atoms with Crippen molar-refractivity contribution in [3.63, 3.8) is 0 Å². The van der Waals surface area contributed by atoms with Crippen LogP contribution in [0.25, 0.3) is 0 Å². The Labute approximate surface area is 102 Å². The maximum absolute atomic E-state index is 12.0. The van der Waals surface area contributed by atoms with E-state index >= 15 is 0 Å². The van der Waals surface area contributed by atoms with Crippen LogP contribution in [0.1, 0.15) is 5.56 Å². The number of benzene rings is 1. The fourth-order valence-corrected chi connectivity index (χ4v) is 2.86. The number of alkyl halides is 1. The quantitative estimate of drug-likeness (QED) is 0.819. The first kappa shape index (κ1) is 11.4. The largest absolute Gasteiger partial charge is 0.471 e. The van der Waals surface area contributed by atoms with Gasteiger partial charge in [0.1, 0.15) is 11.2 Å². The van der Waals surface area contributed by atoms with Crippen molar-refractivity contribution in [1.29, 1.82) is 0 Å². The first-order chi connectivity index (χ1) is 7.64. The summed E-state index contributed by atoms with van der Waals surface area (Å²) in [4.78, 5) is 0.456. The van der Waals surface area contributed by atoms with Gasteiger partial charge in [-0.3, -0.25) is 0 Å². The lowest BCUT2D eigenvalue weighted by atomic mass is 10.2. The molecule has 0 saturated heterocycles. The molecular formula is C11H9BrO3S. The van der Waals surface area contributed by atoms with Crippen LogP contribution in [-0.4, -0.2) is 8.42 Å². The Bertz CT molecular complexity index is 556.